The molecule has 0 aliphatic carbocycles. The zero-order chi connectivity index (χ0) is 7.98. The molecule has 0 spiro atoms. The highest BCUT2D eigenvalue weighted by Gasteiger charge is 2.00. The predicted octanol–water partition coefficient (Wildman–Crippen LogP) is -0.584. The van der Waals surface area contributed by atoms with Crippen LogP contribution in [0.25, 0.3) is 0 Å². The maximum Gasteiger partial charge on any atom is 0.343 e. The predicted molar refractivity (Wildman–Crippen MR) is 38.8 cm³/mol. The number of carbonyl (C=O) groups excluding carboxylic acids is 1. The fourth-order valence-corrected chi connectivity index (χ4v) is 0.558. The molecule has 4 N–H and O–H groups in total. The number of hydrogen-bond donors (Lipinski definition) is 3. The van der Waals surface area contributed by atoms with Gasteiger partial charge in [-0.15, -0.1) is 0 Å². The van der Waals surface area contributed by atoms with Gasteiger partial charge in [-0.1, -0.05) is 13.8 Å². The first-order valence-corrected chi connectivity index (χ1v) is 3.26. The topological polar surface area (TPSA) is 70.4 Å². The van der Waals surface area contributed by atoms with Crippen molar-refractivity contribution in [3.8, 4) is 0 Å². The maximum absolute atomic E-state index is 10.6. The van der Waals surface area contributed by atoms with E-state index >= 15 is 0 Å². The van der Waals surface area contributed by atoms with Gasteiger partial charge in [-0.25, -0.2) is 15.6 Å². The summed E-state index contributed by atoms with van der Waals surface area (Å²) >= 11 is 0. The van der Waals surface area contributed by atoms with Gasteiger partial charge in [0.25, 0.3) is 0 Å². The zero-order valence-electron chi connectivity index (χ0n) is 6.35. The molecule has 0 unspecified atom stereocenters. The van der Waals surface area contributed by atoms with Gasteiger partial charge in [0.2, 0.25) is 0 Å². The van der Waals surface area contributed by atoms with Gasteiger partial charge in [0, 0.05) is 13.1 Å². The van der Waals surface area contributed by atoms with E-state index in [1.165, 1.54) is 0 Å². The summed E-state index contributed by atoms with van der Waals surface area (Å²) in [5.74, 6) is 4.84. The van der Waals surface area contributed by atoms with Crippen LogP contribution in [0.1, 0.15) is 13.8 Å². The summed E-state index contributed by atoms with van der Waals surface area (Å²) < 4.78 is 0. The van der Waals surface area contributed by atoms with Crippen LogP contribution in [0.4, 0.5) is 4.79 Å². The molecule has 0 rings (SSSR count). The second-order valence-corrected chi connectivity index (χ2v) is 1.76. The molecular formula is C5H14N4O. The van der Waals surface area contributed by atoms with E-state index in [2.05, 4.69) is 5.43 Å². The van der Waals surface area contributed by atoms with Crippen molar-refractivity contribution in [3.05, 3.63) is 0 Å². The van der Waals surface area contributed by atoms with Crippen LogP contribution in [0.3, 0.4) is 0 Å². The average Bonchev–Trinajstić information content (AvgIpc) is 1.99. The van der Waals surface area contributed by atoms with Crippen molar-refractivity contribution in [2.24, 2.45) is 5.84 Å². The van der Waals surface area contributed by atoms with Crippen molar-refractivity contribution in [1.82, 2.24) is 15.9 Å². The first-order valence-electron chi connectivity index (χ1n) is 3.26. The third-order valence-corrected chi connectivity index (χ3v) is 1.15. The lowest BCUT2D eigenvalue weighted by atomic mass is 10.6. The maximum atomic E-state index is 10.6. The van der Waals surface area contributed by atoms with Crippen molar-refractivity contribution >= 4 is 6.03 Å². The number of carbonyl (C=O) groups is 1. The Bertz CT molecular complexity index is 102. The molecule has 0 heterocycles. The minimum atomic E-state index is -0.385. The second kappa shape index (κ2) is 5.01. The van der Waals surface area contributed by atoms with Crippen LogP contribution in [-0.2, 0) is 0 Å². The molecule has 0 saturated heterocycles. The van der Waals surface area contributed by atoms with E-state index in [1.54, 1.807) is 5.01 Å². The molecule has 0 aliphatic rings. The lowest BCUT2D eigenvalue weighted by Gasteiger charge is -2.18. The van der Waals surface area contributed by atoms with Crippen LogP contribution in [0.2, 0.25) is 0 Å². The molecule has 0 atom stereocenters. The van der Waals surface area contributed by atoms with Crippen LogP contribution in [-0.4, -0.2) is 24.1 Å². The number of nitrogens with one attached hydrogen (secondary N) is 2. The summed E-state index contributed by atoms with van der Waals surface area (Å²) in [5.41, 5.74) is 4.50. The van der Waals surface area contributed by atoms with Gasteiger partial charge in [-0.2, -0.15) is 0 Å². The first-order chi connectivity index (χ1) is 4.74. The van der Waals surface area contributed by atoms with E-state index < -0.39 is 0 Å². The van der Waals surface area contributed by atoms with Gasteiger partial charge in [0.15, 0.2) is 0 Å². The highest BCUT2D eigenvalue weighted by molar-refractivity contribution is 5.72. The van der Waals surface area contributed by atoms with Crippen molar-refractivity contribution in [1.29, 1.82) is 0 Å². The van der Waals surface area contributed by atoms with E-state index in [0.717, 1.165) is 13.1 Å². The second-order valence-electron chi connectivity index (χ2n) is 1.76. The summed E-state index contributed by atoms with van der Waals surface area (Å²) in [5, 5.41) is 1.74. The number of hydrogen-bond acceptors (Lipinski definition) is 3. The molecule has 0 radical (unpaired) electrons. The molecule has 5 nitrogen and oxygen atoms in total. The molecule has 0 aromatic carbocycles. The number of hydrazine groups is 2. The van der Waals surface area contributed by atoms with Gasteiger partial charge in [0.1, 0.15) is 0 Å². The normalized spacial score (nSPS) is 9.60. The smallest absolute Gasteiger partial charge is 0.275 e. The van der Waals surface area contributed by atoms with Crippen LogP contribution < -0.4 is 16.7 Å². The summed E-state index contributed by atoms with van der Waals surface area (Å²) in [7, 11) is 0. The zero-order valence-corrected chi connectivity index (χ0v) is 6.35. The van der Waals surface area contributed by atoms with E-state index in [-0.39, 0.29) is 6.03 Å². The van der Waals surface area contributed by atoms with Gasteiger partial charge in [0.05, 0.1) is 0 Å². The molecule has 5 heteroatoms. The Labute approximate surface area is 60.5 Å². The number of amides is 2. The van der Waals surface area contributed by atoms with Gasteiger partial charge >= 0.3 is 6.03 Å². The Kier molecular flexibility index (Phi) is 4.61. The van der Waals surface area contributed by atoms with Crippen LogP contribution >= 0.6 is 0 Å². The molecule has 0 aromatic rings. The molecule has 2 amide bonds. The Balaban J connectivity index is 3.52. The molecule has 60 valence electrons. The van der Waals surface area contributed by atoms with E-state index in [1.807, 2.05) is 19.3 Å². The van der Waals surface area contributed by atoms with E-state index in [0.29, 0.717) is 0 Å². The number of rotatable bonds is 3. The molecule has 0 bridgehead atoms. The Morgan fingerprint density at radius 3 is 2.30 bits per heavy atom. The van der Waals surface area contributed by atoms with Crippen molar-refractivity contribution in [2.45, 2.75) is 13.8 Å². The molecule has 0 fully saturated rings. The van der Waals surface area contributed by atoms with Crippen molar-refractivity contribution in [2.75, 3.05) is 13.1 Å². The van der Waals surface area contributed by atoms with Crippen molar-refractivity contribution in [3.63, 3.8) is 0 Å². The SMILES string of the molecule is CCN(CC)NC(=O)NN. The number of nitrogens with two attached hydrogens (primary N) is 1. The summed E-state index contributed by atoms with van der Waals surface area (Å²) in [6.07, 6.45) is 0. The van der Waals surface area contributed by atoms with Gasteiger partial charge < -0.3 is 0 Å². The fourth-order valence-electron chi connectivity index (χ4n) is 0.558. The number of nitrogens with zero attached hydrogens (tertiary/aromatic N) is 1. The number of urea groups is 1. The van der Waals surface area contributed by atoms with E-state index in [4.69, 9.17) is 5.84 Å². The molecule has 0 saturated carbocycles. The first kappa shape index (κ1) is 9.19. The summed E-state index contributed by atoms with van der Waals surface area (Å²) in [6, 6.07) is -0.385. The third kappa shape index (κ3) is 3.26. The monoisotopic (exact) mass is 146 g/mol. The third-order valence-electron chi connectivity index (χ3n) is 1.15. The Hall–Kier alpha value is -0.810. The lowest BCUT2D eigenvalue weighted by molar-refractivity contribution is 0.187. The standard InChI is InChI=1S/C5H14N4O/c1-3-9(4-2)8-5(10)7-6/h3-4,6H2,1-2H3,(H2,7,8,10). The van der Waals surface area contributed by atoms with Gasteiger partial charge in [-0.3, -0.25) is 10.9 Å². The minimum Gasteiger partial charge on any atom is -0.275 e. The summed E-state index contributed by atoms with van der Waals surface area (Å²) in [6.45, 7) is 5.43. The lowest BCUT2D eigenvalue weighted by Crippen LogP contribution is -2.49. The Morgan fingerprint density at radius 1 is 1.50 bits per heavy atom. The quantitative estimate of drug-likeness (QED) is 0.283. The summed E-state index contributed by atoms with van der Waals surface area (Å²) in [4.78, 5) is 10.6. The minimum absolute atomic E-state index is 0.385. The highest BCUT2D eigenvalue weighted by atomic mass is 16.2. The fraction of sp³-hybridized carbons (Fsp3) is 0.800. The molecule has 10 heavy (non-hydrogen) atoms. The molecular weight excluding hydrogens is 132 g/mol. The van der Waals surface area contributed by atoms with Crippen molar-refractivity contribution < 1.29 is 4.79 Å². The largest absolute Gasteiger partial charge is 0.343 e. The van der Waals surface area contributed by atoms with E-state index in [9.17, 15) is 4.79 Å². The average molecular weight is 146 g/mol. The Morgan fingerprint density at radius 2 is 2.00 bits per heavy atom. The van der Waals surface area contributed by atoms with Crippen LogP contribution in [0, 0.1) is 0 Å². The van der Waals surface area contributed by atoms with Gasteiger partial charge in [-0.05, 0) is 0 Å². The van der Waals surface area contributed by atoms with Crippen LogP contribution in [0.15, 0.2) is 0 Å². The molecule has 0 aliphatic heterocycles. The van der Waals surface area contributed by atoms with Crippen LogP contribution in [0.5, 0.6) is 0 Å². The molecule has 0 aromatic heterocycles. The highest BCUT2D eigenvalue weighted by Crippen LogP contribution is 1.77.